The Morgan fingerprint density at radius 3 is 2.36 bits per heavy atom. The summed E-state index contributed by atoms with van der Waals surface area (Å²) in [7, 11) is 0. The number of anilines is 6. The first-order valence-electron chi connectivity index (χ1n) is 11.8. The minimum absolute atomic E-state index is 0.0580. The van der Waals surface area contributed by atoms with Crippen LogP contribution in [-0.4, -0.2) is 19.5 Å². The molecule has 8 N–H and O–H groups in total. The van der Waals surface area contributed by atoms with E-state index in [4.69, 9.17) is 27.2 Å². The predicted molar refractivity (Wildman–Crippen MR) is 147 cm³/mol. The van der Waals surface area contributed by atoms with Gasteiger partial charge in [0.1, 0.15) is 0 Å². The van der Waals surface area contributed by atoms with E-state index in [1.54, 1.807) is 6.33 Å². The molecular weight excluding hydrogens is 450 g/mol. The first-order chi connectivity index (χ1) is 17.4. The minimum atomic E-state index is -0.0580. The van der Waals surface area contributed by atoms with Crippen molar-refractivity contribution in [2.75, 3.05) is 27.8 Å². The number of nitrogens with zero attached hydrogens (tertiary/aromatic N) is 4. The molecule has 36 heavy (non-hydrogen) atoms. The van der Waals surface area contributed by atoms with Crippen molar-refractivity contribution in [3.8, 4) is 0 Å². The lowest BCUT2D eigenvalue weighted by molar-refractivity contribution is 0.709. The van der Waals surface area contributed by atoms with E-state index >= 15 is 0 Å². The first kappa shape index (κ1) is 23.0. The standard InChI is InChI=1S/C27H29N9/c1-17(19-4-2-5-21(29)14-19)32-27-34-25(33-23-7-3-6-22(30)15-23)24-26(35-27)36(16-31-24)13-12-18-8-10-20(28)11-9-18/h2-11,14-17H,12-13,28-30H2,1H3,(H2,32,33,34,35). The Bertz CT molecular complexity index is 1490. The molecule has 0 amide bonds. The van der Waals surface area contributed by atoms with Gasteiger partial charge in [-0.25, -0.2) is 4.98 Å². The molecular formula is C27H29N9. The Hall–Kier alpha value is -4.79. The molecule has 0 fully saturated rings. The molecule has 2 aromatic heterocycles. The summed E-state index contributed by atoms with van der Waals surface area (Å²) in [6, 6.07) is 23.1. The maximum Gasteiger partial charge on any atom is 0.227 e. The molecule has 0 aliphatic carbocycles. The summed E-state index contributed by atoms with van der Waals surface area (Å²) < 4.78 is 2.04. The van der Waals surface area contributed by atoms with Gasteiger partial charge in [-0.05, 0) is 66.9 Å². The Kier molecular flexibility index (Phi) is 6.27. The normalized spacial score (nSPS) is 11.9. The largest absolute Gasteiger partial charge is 0.399 e. The van der Waals surface area contributed by atoms with Crippen LogP contribution >= 0.6 is 0 Å². The fourth-order valence-corrected chi connectivity index (χ4v) is 4.05. The minimum Gasteiger partial charge on any atom is -0.399 e. The number of rotatable bonds is 8. The van der Waals surface area contributed by atoms with E-state index in [1.807, 2.05) is 84.3 Å². The van der Waals surface area contributed by atoms with Crippen molar-refractivity contribution in [3.05, 3.63) is 90.3 Å². The number of hydrogen-bond acceptors (Lipinski definition) is 8. The number of nitrogen functional groups attached to an aromatic ring is 3. The number of benzene rings is 3. The Morgan fingerprint density at radius 1 is 0.861 bits per heavy atom. The first-order valence-corrected chi connectivity index (χ1v) is 11.8. The van der Waals surface area contributed by atoms with Gasteiger partial charge in [-0.3, -0.25) is 0 Å². The zero-order valence-electron chi connectivity index (χ0n) is 20.0. The van der Waals surface area contributed by atoms with Crippen LogP contribution in [0.25, 0.3) is 11.2 Å². The van der Waals surface area contributed by atoms with Crippen LogP contribution in [-0.2, 0) is 13.0 Å². The lowest BCUT2D eigenvalue weighted by Gasteiger charge is -2.16. The van der Waals surface area contributed by atoms with E-state index in [9.17, 15) is 0 Å². The fourth-order valence-electron chi connectivity index (χ4n) is 4.05. The second-order valence-corrected chi connectivity index (χ2v) is 8.78. The number of nitrogens with two attached hydrogens (primary N) is 3. The van der Waals surface area contributed by atoms with Gasteiger partial charge in [0, 0.05) is 29.3 Å². The molecule has 1 unspecified atom stereocenters. The molecule has 0 saturated carbocycles. The molecule has 9 nitrogen and oxygen atoms in total. The smallest absolute Gasteiger partial charge is 0.227 e. The molecule has 0 saturated heterocycles. The third kappa shape index (κ3) is 5.15. The van der Waals surface area contributed by atoms with E-state index in [0.717, 1.165) is 29.0 Å². The Balaban J connectivity index is 1.49. The van der Waals surface area contributed by atoms with Gasteiger partial charge in [0.25, 0.3) is 0 Å². The Morgan fingerprint density at radius 2 is 1.61 bits per heavy atom. The zero-order chi connectivity index (χ0) is 25.1. The molecule has 0 aliphatic rings. The maximum absolute atomic E-state index is 5.98. The average Bonchev–Trinajstić information content (AvgIpc) is 3.27. The average molecular weight is 480 g/mol. The zero-order valence-corrected chi connectivity index (χ0v) is 20.0. The lowest BCUT2D eigenvalue weighted by Crippen LogP contribution is -2.12. The third-order valence-corrected chi connectivity index (χ3v) is 5.99. The van der Waals surface area contributed by atoms with Crippen LogP contribution in [0.5, 0.6) is 0 Å². The summed E-state index contributed by atoms with van der Waals surface area (Å²) in [6.07, 6.45) is 2.61. The summed E-state index contributed by atoms with van der Waals surface area (Å²) >= 11 is 0. The fraction of sp³-hybridized carbons (Fsp3) is 0.148. The SMILES string of the molecule is CC(Nc1nc(Nc2cccc(N)c2)c2ncn(CCc3ccc(N)cc3)c2n1)c1cccc(N)c1. The number of imidazole rings is 1. The van der Waals surface area contributed by atoms with Gasteiger partial charge in [0.15, 0.2) is 17.0 Å². The van der Waals surface area contributed by atoms with Gasteiger partial charge < -0.3 is 32.4 Å². The third-order valence-electron chi connectivity index (χ3n) is 5.99. The number of aryl methyl sites for hydroxylation is 2. The number of hydrogen-bond donors (Lipinski definition) is 5. The van der Waals surface area contributed by atoms with Gasteiger partial charge in [0.2, 0.25) is 5.95 Å². The van der Waals surface area contributed by atoms with Crippen LogP contribution in [0, 0.1) is 0 Å². The van der Waals surface area contributed by atoms with E-state index in [-0.39, 0.29) is 6.04 Å². The molecule has 182 valence electrons. The maximum atomic E-state index is 5.98. The second kappa shape index (κ2) is 9.83. The van der Waals surface area contributed by atoms with E-state index in [1.165, 1.54) is 5.56 Å². The number of aromatic nitrogens is 4. The van der Waals surface area contributed by atoms with Crippen molar-refractivity contribution in [3.63, 3.8) is 0 Å². The van der Waals surface area contributed by atoms with Crippen LogP contribution < -0.4 is 27.8 Å². The quantitative estimate of drug-likeness (QED) is 0.201. The highest BCUT2D eigenvalue weighted by Crippen LogP contribution is 2.27. The summed E-state index contributed by atoms with van der Waals surface area (Å²) in [4.78, 5) is 14.2. The highest BCUT2D eigenvalue weighted by atomic mass is 15.2. The van der Waals surface area contributed by atoms with Gasteiger partial charge in [-0.15, -0.1) is 0 Å². The molecule has 2 heterocycles. The Labute approximate surface area is 209 Å². The number of nitrogens with one attached hydrogen (secondary N) is 2. The molecule has 0 spiro atoms. The van der Waals surface area contributed by atoms with Crippen LogP contribution in [0.2, 0.25) is 0 Å². The molecule has 5 aromatic rings. The van der Waals surface area contributed by atoms with Gasteiger partial charge in [0.05, 0.1) is 12.4 Å². The summed E-state index contributed by atoms with van der Waals surface area (Å²) in [5.41, 5.74) is 24.4. The topological polar surface area (TPSA) is 146 Å². The van der Waals surface area contributed by atoms with E-state index in [0.29, 0.717) is 35.2 Å². The molecule has 0 aliphatic heterocycles. The monoisotopic (exact) mass is 479 g/mol. The van der Waals surface area contributed by atoms with Crippen molar-refractivity contribution in [1.29, 1.82) is 0 Å². The van der Waals surface area contributed by atoms with Crippen LogP contribution in [0.3, 0.4) is 0 Å². The van der Waals surface area contributed by atoms with Crippen molar-refractivity contribution in [2.24, 2.45) is 0 Å². The second-order valence-electron chi connectivity index (χ2n) is 8.78. The number of fused-ring (bicyclic) bond motifs is 1. The summed E-state index contributed by atoms with van der Waals surface area (Å²) in [6.45, 7) is 2.76. The highest BCUT2D eigenvalue weighted by molar-refractivity contribution is 5.86. The molecule has 0 bridgehead atoms. The molecule has 9 heteroatoms. The van der Waals surface area contributed by atoms with Gasteiger partial charge >= 0.3 is 0 Å². The van der Waals surface area contributed by atoms with Crippen molar-refractivity contribution >= 4 is 45.7 Å². The lowest BCUT2D eigenvalue weighted by atomic mass is 10.1. The molecule has 5 rings (SSSR count). The van der Waals surface area contributed by atoms with Crippen molar-refractivity contribution in [1.82, 2.24) is 19.5 Å². The van der Waals surface area contributed by atoms with Crippen LogP contribution in [0.1, 0.15) is 24.1 Å². The van der Waals surface area contributed by atoms with Gasteiger partial charge in [-0.1, -0.05) is 30.3 Å². The summed E-state index contributed by atoms with van der Waals surface area (Å²) in [5, 5.41) is 6.78. The van der Waals surface area contributed by atoms with Crippen molar-refractivity contribution < 1.29 is 0 Å². The van der Waals surface area contributed by atoms with Crippen molar-refractivity contribution in [2.45, 2.75) is 25.9 Å². The molecule has 3 aromatic carbocycles. The highest BCUT2D eigenvalue weighted by Gasteiger charge is 2.16. The van der Waals surface area contributed by atoms with Crippen LogP contribution in [0.4, 0.5) is 34.5 Å². The predicted octanol–water partition coefficient (Wildman–Crippen LogP) is 4.73. The van der Waals surface area contributed by atoms with Gasteiger partial charge in [-0.2, -0.15) is 9.97 Å². The molecule has 0 radical (unpaired) electrons. The molecule has 1 atom stereocenters. The van der Waals surface area contributed by atoms with E-state index < -0.39 is 0 Å². The van der Waals surface area contributed by atoms with E-state index in [2.05, 4.69) is 15.6 Å². The summed E-state index contributed by atoms with van der Waals surface area (Å²) in [5.74, 6) is 1.08. The van der Waals surface area contributed by atoms with Crippen LogP contribution in [0.15, 0.2) is 79.1 Å².